The predicted octanol–water partition coefficient (Wildman–Crippen LogP) is 3.97. The van der Waals surface area contributed by atoms with Crippen molar-refractivity contribution in [2.24, 2.45) is 11.8 Å². The number of anilines is 1. The van der Waals surface area contributed by atoms with Crippen LogP contribution in [0.3, 0.4) is 0 Å². The fourth-order valence-corrected chi connectivity index (χ4v) is 3.20. The summed E-state index contributed by atoms with van der Waals surface area (Å²) in [7, 11) is 0. The number of amides is 1. The highest BCUT2D eigenvalue weighted by atomic mass is 32.1. The van der Waals surface area contributed by atoms with Crippen molar-refractivity contribution >= 4 is 22.4 Å². The van der Waals surface area contributed by atoms with E-state index in [1.54, 1.807) is 0 Å². The van der Waals surface area contributed by atoms with Crippen LogP contribution in [-0.4, -0.2) is 22.3 Å². The summed E-state index contributed by atoms with van der Waals surface area (Å²) in [6.45, 7) is 3.92. The molecule has 1 amide bonds. The molecule has 21 heavy (non-hydrogen) atoms. The molecule has 0 spiro atoms. The van der Waals surface area contributed by atoms with E-state index in [4.69, 9.17) is 0 Å². The van der Waals surface area contributed by atoms with Crippen molar-refractivity contribution in [1.29, 1.82) is 0 Å². The van der Waals surface area contributed by atoms with Gasteiger partial charge in [0.25, 0.3) is 0 Å². The van der Waals surface area contributed by atoms with Crippen molar-refractivity contribution in [3.8, 4) is 0 Å². The van der Waals surface area contributed by atoms with Gasteiger partial charge in [0.15, 0.2) is 0 Å². The molecular weight excluding hydrogens is 303 g/mol. The van der Waals surface area contributed by atoms with Crippen molar-refractivity contribution in [2.45, 2.75) is 51.6 Å². The zero-order valence-electron chi connectivity index (χ0n) is 11.9. The van der Waals surface area contributed by atoms with Gasteiger partial charge in [-0.25, -0.2) is 0 Å². The molecule has 0 aromatic carbocycles. The summed E-state index contributed by atoms with van der Waals surface area (Å²) in [5.74, 6) is -2.15. The maximum absolute atomic E-state index is 12.7. The molecule has 4 nitrogen and oxygen atoms in total. The zero-order chi connectivity index (χ0) is 15.6. The number of alkyl halides is 3. The fraction of sp³-hybridized carbons (Fsp3) is 0.769. The summed E-state index contributed by atoms with van der Waals surface area (Å²) in [6, 6.07) is 0. The second-order valence-corrected chi connectivity index (χ2v) is 6.70. The SMILES string of the molecule is CC(C)c1nnc(NC(=O)[C@H]2CCC[C@H](C(F)(F)F)C2)s1. The van der Waals surface area contributed by atoms with E-state index in [-0.39, 0.29) is 24.7 Å². The maximum atomic E-state index is 12.7. The Morgan fingerprint density at radius 1 is 1.33 bits per heavy atom. The molecule has 1 aromatic heterocycles. The molecule has 1 N–H and O–H groups in total. The Labute approximate surface area is 125 Å². The number of aromatic nitrogens is 2. The summed E-state index contributed by atoms with van der Waals surface area (Å²) in [5, 5.41) is 11.5. The van der Waals surface area contributed by atoms with Crippen molar-refractivity contribution in [3.63, 3.8) is 0 Å². The quantitative estimate of drug-likeness (QED) is 0.916. The lowest BCUT2D eigenvalue weighted by Crippen LogP contribution is -2.34. The van der Waals surface area contributed by atoms with Gasteiger partial charge in [0.2, 0.25) is 11.0 Å². The second kappa shape index (κ2) is 6.29. The lowest BCUT2D eigenvalue weighted by atomic mass is 9.80. The van der Waals surface area contributed by atoms with Crippen LogP contribution in [0.4, 0.5) is 18.3 Å². The smallest absolute Gasteiger partial charge is 0.300 e. The molecule has 1 saturated carbocycles. The molecule has 1 aliphatic rings. The van der Waals surface area contributed by atoms with Crippen LogP contribution in [-0.2, 0) is 4.79 Å². The summed E-state index contributed by atoms with van der Waals surface area (Å²) < 4.78 is 38.2. The first-order valence-corrected chi connectivity index (χ1v) is 7.80. The van der Waals surface area contributed by atoms with Gasteiger partial charge in [0, 0.05) is 11.8 Å². The third-order valence-electron chi connectivity index (χ3n) is 3.67. The molecule has 0 unspecified atom stereocenters. The number of halogens is 3. The number of rotatable bonds is 3. The van der Waals surface area contributed by atoms with Gasteiger partial charge >= 0.3 is 6.18 Å². The Hall–Kier alpha value is -1.18. The average molecular weight is 321 g/mol. The number of hydrogen-bond donors (Lipinski definition) is 1. The van der Waals surface area contributed by atoms with Crippen LogP contribution >= 0.6 is 11.3 Å². The van der Waals surface area contributed by atoms with Crippen LogP contribution in [0.25, 0.3) is 0 Å². The highest BCUT2D eigenvalue weighted by molar-refractivity contribution is 7.15. The number of nitrogens with zero attached hydrogens (tertiary/aromatic N) is 2. The molecule has 2 rings (SSSR count). The van der Waals surface area contributed by atoms with Gasteiger partial charge in [-0.05, 0) is 19.3 Å². The average Bonchev–Trinajstić information content (AvgIpc) is 2.86. The highest BCUT2D eigenvalue weighted by Gasteiger charge is 2.43. The molecule has 1 aromatic rings. The van der Waals surface area contributed by atoms with Gasteiger partial charge in [-0.3, -0.25) is 4.79 Å². The van der Waals surface area contributed by atoms with Crippen LogP contribution in [0.5, 0.6) is 0 Å². The van der Waals surface area contributed by atoms with Gasteiger partial charge in [0.05, 0.1) is 5.92 Å². The minimum Gasteiger partial charge on any atom is -0.300 e. The van der Waals surface area contributed by atoms with Crippen LogP contribution in [0.1, 0.15) is 50.5 Å². The van der Waals surface area contributed by atoms with E-state index in [0.717, 1.165) is 5.01 Å². The van der Waals surface area contributed by atoms with E-state index in [9.17, 15) is 18.0 Å². The van der Waals surface area contributed by atoms with E-state index in [0.29, 0.717) is 18.0 Å². The Morgan fingerprint density at radius 2 is 2.05 bits per heavy atom. The Bertz CT molecular complexity index is 501. The largest absolute Gasteiger partial charge is 0.391 e. The van der Waals surface area contributed by atoms with Gasteiger partial charge in [-0.15, -0.1) is 10.2 Å². The number of carbonyl (C=O) groups excluding carboxylic acids is 1. The van der Waals surface area contributed by atoms with Gasteiger partial charge in [-0.2, -0.15) is 13.2 Å². The lowest BCUT2D eigenvalue weighted by Gasteiger charge is -2.29. The molecule has 1 heterocycles. The van der Waals surface area contributed by atoms with Crippen LogP contribution < -0.4 is 5.32 Å². The fourth-order valence-electron chi connectivity index (χ4n) is 2.45. The first-order chi connectivity index (χ1) is 9.77. The molecule has 8 heteroatoms. The van der Waals surface area contributed by atoms with Gasteiger partial charge in [0.1, 0.15) is 5.01 Å². The third kappa shape index (κ3) is 4.15. The number of carbonyl (C=O) groups is 1. The minimum atomic E-state index is -4.22. The monoisotopic (exact) mass is 321 g/mol. The topological polar surface area (TPSA) is 54.9 Å². The molecule has 118 valence electrons. The molecule has 0 aliphatic heterocycles. The van der Waals surface area contributed by atoms with E-state index in [2.05, 4.69) is 15.5 Å². The standard InChI is InChI=1S/C13H18F3N3OS/c1-7(2)11-18-19-12(21-11)17-10(20)8-4-3-5-9(6-8)13(14,15)16/h7-9H,3-6H2,1-2H3,(H,17,19,20)/t8-,9-/m0/s1. The molecule has 0 saturated heterocycles. The molecule has 2 atom stereocenters. The molecule has 1 aliphatic carbocycles. The first kappa shape index (κ1) is 16.2. The van der Waals surface area contributed by atoms with Gasteiger partial charge in [-0.1, -0.05) is 31.6 Å². The van der Waals surface area contributed by atoms with E-state index >= 15 is 0 Å². The highest BCUT2D eigenvalue weighted by Crippen LogP contribution is 2.40. The number of nitrogens with one attached hydrogen (secondary N) is 1. The van der Waals surface area contributed by atoms with Crippen LogP contribution in [0, 0.1) is 11.8 Å². The molecule has 0 bridgehead atoms. The lowest BCUT2D eigenvalue weighted by molar-refractivity contribution is -0.185. The van der Waals surface area contributed by atoms with Crippen molar-refractivity contribution in [1.82, 2.24) is 10.2 Å². The molecular formula is C13H18F3N3OS. The minimum absolute atomic E-state index is 0.115. The van der Waals surface area contributed by atoms with Crippen molar-refractivity contribution in [3.05, 3.63) is 5.01 Å². The van der Waals surface area contributed by atoms with E-state index in [1.807, 2.05) is 13.8 Å². The Morgan fingerprint density at radius 3 is 2.62 bits per heavy atom. The van der Waals surface area contributed by atoms with Crippen molar-refractivity contribution in [2.75, 3.05) is 5.32 Å². The normalized spacial score (nSPS) is 23.3. The summed E-state index contributed by atoms with van der Waals surface area (Å²) in [5.41, 5.74) is 0. The first-order valence-electron chi connectivity index (χ1n) is 6.98. The number of hydrogen-bond acceptors (Lipinski definition) is 4. The predicted molar refractivity (Wildman–Crippen MR) is 74.1 cm³/mol. The summed E-state index contributed by atoms with van der Waals surface area (Å²) in [4.78, 5) is 12.1. The van der Waals surface area contributed by atoms with E-state index < -0.39 is 18.0 Å². The van der Waals surface area contributed by atoms with Crippen LogP contribution in [0.2, 0.25) is 0 Å². The van der Waals surface area contributed by atoms with Crippen molar-refractivity contribution < 1.29 is 18.0 Å². The Kier molecular flexibility index (Phi) is 4.85. The molecule has 0 radical (unpaired) electrons. The molecule has 1 fully saturated rings. The summed E-state index contributed by atoms with van der Waals surface area (Å²) >= 11 is 1.26. The van der Waals surface area contributed by atoms with E-state index in [1.165, 1.54) is 11.3 Å². The third-order valence-corrected chi connectivity index (χ3v) is 4.81. The maximum Gasteiger partial charge on any atom is 0.391 e. The Balaban J connectivity index is 1.96. The second-order valence-electron chi connectivity index (χ2n) is 5.69. The van der Waals surface area contributed by atoms with Crippen LogP contribution in [0.15, 0.2) is 0 Å². The van der Waals surface area contributed by atoms with Gasteiger partial charge < -0.3 is 5.32 Å². The zero-order valence-corrected chi connectivity index (χ0v) is 12.7. The summed E-state index contributed by atoms with van der Waals surface area (Å²) in [6.07, 6.45) is -3.31.